The van der Waals surface area contributed by atoms with Crippen molar-refractivity contribution in [1.82, 2.24) is 10.2 Å². The van der Waals surface area contributed by atoms with Gasteiger partial charge in [-0.05, 0) is 49.9 Å². The molecule has 9 heteroatoms. The first-order valence-corrected chi connectivity index (χ1v) is 14.2. The molecular weight excluding hydrogens is 486 g/mol. The number of carbonyl (C=O) groups is 2. The highest BCUT2D eigenvalue weighted by molar-refractivity contribution is 7.92. The minimum absolute atomic E-state index is 0.106. The molecule has 2 aromatic carbocycles. The van der Waals surface area contributed by atoms with Crippen molar-refractivity contribution in [2.24, 2.45) is 0 Å². The minimum Gasteiger partial charge on any atom is -0.352 e. The first-order chi connectivity index (χ1) is 16.6. The average molecular weight is 520 g/mol. The second-order valence-corrected chi connectivity index (χ2v) is 11.5. The molecule has 0 aromatic heterocycles. The highest BCUT2D eigenvalue weighted by Gasteiger charge is 2.31. The van der Waals surface area contributed by atoms with Crippen LogP contribution in [0.2, 0.25) is 5.02 Å². The molecular formula is C26H34ClN3O4S. The van der Waals surface area contributed by atoms with E-state index in [2.05, 4.69) is 5.32 Å². The third kappa shape index (κ3) is 7.45. The zero-order chi connectivity index (χ0) is 25.6. The summed E-state index contributed by atoms with van der Waals surface area (Å²) in [7, 11) is -3.79. The number of sulfonamides is 1. The molecule has 0 saturated heterocycles. The molecule has 1 saturated carbocycles. The number of carbonyl (C=O) groups excluding carboxylic acids is 2. The molecule has 0 bridgehead atoms. The fourth-order valence-electron chi connectivity index (χ4n) is 4.28. The van der Waals surface area contributed by atoms with Crippen LogP contribution >= 0.6 is 11.6 Å². The molecule has 2 aromatic rings. The Morgan fingerprint density at radius 1 is 1.09 bits per heavy atom. The first-order valence-electron chi connectivity index (χ1n) is 11.9. The van der Waals surface area contributed by atoms with E-state index < -0.39 is 28.5 Å². The standard InChI is InChI=1S/C26H34ClN3O4S/c1-19-14-15-23(16-24(19)27)30(35(3,33)34)18-25(31)29(17-21-10-6-4-7-11-21)20(2)26(32)28-22-12-8-5-9-13-22/h4,6-7,10-11,14-16,20,22H,5,8-9,12-13,17-18H2,1-3H3,(H,28,32). The Bertz CT molecular complexity index is 1130. The van der Waals surface area contributed by atoms with E-state index in [0.29, 0.717) is 10.7 Å². The lowest BCUT2D eigenvalue weighted by Crippen LogP contribution is -2.52. The van der Waals surface area contributed by atoms with E-state index in [9.17, 15) is 18.0 Å². The van der Waals surface area contributed by atoms with Crippen LogP contribution in [0.25, 0.3) is 0 Å². The van der Waals surface area contributed by atoms with E-state index in [1.54, 1.807) is 19.1 Å². The van der Waals surface area contributed by atoms with Gasteiger partial charge in [0.1, 0.15) is 12.6 Å². The van der Waals surface area contributed by atoms with Gasteiger partial charge in [0.2, 0.25) is 21.8 Å². The molecule has 0 aliphatic heterocycles. The Labute approximate surface area is 213 Å². The second kappa shape index (κ2) is 11.9. The van der Waals surface area contributed by atoms with Crippen molar-refractivity contribution in [3.63, 3.8) is 0 Å². The zero-order valence-corrected chi connectivity index (χ0v) is 22.1. The number of hydrogen-bond acceptors (Lipinski definition) is 4. The fraction of sp³-hybridized carbons (Fsp3) is 0.462. The normalized spacial score (nSPS) is 15.3. The Balaban J connectivity index is 1.86. The van der Waals surface area contributed by atoms with Crippen LogP contribution in [0.15, 0.2) is 48.5 Å². The second-order valence-electron chi connectivity index (χ2n) is 9.23. The van der Waals surface area contributed by atoms with Gasteiger partial charge in [-0.1, -0.05) is 67.3 Å². The van der Waals surface area contributed by atoms with Gasteiger partial charge in [0.05, 0.1) is 11.9 Å². The minimum atomic E-state index is -3.79. The largest absolute Gasteiger partial charge is 0.352 e. The maximum Gasteiger partial charge on any atom is 0.244 e. The summed E-state index contributed by atoms with van der Waals surface area (Å²) in [5, 5.41) is 3.49. The van der Waals surface area contributed by atoms with Crippen molar-refractivity contribution >= 4 is 39.1 Å². The predicted octanol–water partition coefficient (Wildman–Crippen LogP) is 4.28. The van der Waals surface area contributed by atoms with Gasteiger partial charge < -0.3 is 10.2 Å². The molecule has 1 unspecified atom stereocenters. The summed E-state index contributed by atoms with van der Waals surface area (Å²) in [5.41, 5.74) is 1.95. The van der Waals surface area contributed by atoms with Crippen LogP contribution in [-0.2, 0) is 26.2 Å². The smallest absolute Gasteiger partial charge is 0.244 e. The Hall–Kier alpha value is -2.58. The van der Waals surface area contributed by atoms with Crippen molar-refractivity contribution in [3.8, 4) is 0 Å². The summed E-state index contributed by atoms with van der Waals surface area (Å²) in [6.45, 7) is 3.25. The third-order valence-corrected chi connectivity index (χ3v) is 7.98. The van der Waals surface area contributed by atoms with E-state index in [-0.39, 0.29) is 18.5 Å². The van der Waals surface area contributed by atoms with Crippen LogP contribution in [0, 0.1) is 6.92 Å². The Morgan fingerprint density at radius 2 is 1.74 bits per heavy atom. The van der Waals surface area contributed by atoms with Gasteiger partial charge in [-0.25, -0.2) is 8.42 Å². The molecule has 35 heavy (non-hydrogen) atoms. The van der Waals surface area contributed by atoms with Crippen molar-refractivity contribution < 1.29 is 18.0 Å². The number of nitrogens with one attached hydrogen (secondary N) is 1. The third-order valence-electron chi connectivity index (χ3n) is 6.44. The van der Waals surface area contributed by atoms with Crippen LogP contribution in [0.3, 0.4) is 0 Å². The quantitative estimate of drug-likeness (QED) is 0.535. The van der Waals surface area contributed by atoms with Gasteiger partial charge in [-0.15, -0.1) is 0 Å². The van der Waals surface area contributed by atoms with Crippen molar-refractivity contribution in [3.05, 3.63) is 64.7 Å². The molecule has 1 aliphatic carbocycles. The molecule has 190 valence electrons. The highest BCUT2D eigenvalue weighted by Crippen LogP contribution is 2.25. The lowest BCUT2D eigenvalue weighted by atomic mass is 9.95. The fourth-order valence-corrected chi connectivity index (χ4v) is 5.30. The topological polar surface area (TPSA) is 86.8 Å². The molecule has 1 fully saturated rings. The number of nitrogens with zero attached hydrogens (tertiary/aromatic N) is 2. The lowest BCUT2D eigenvalue weighted by molar-refractivity contribution is -0.139. The summed E-state index contributed by atoms with van der Waals surface area (Å²) in [5.74, 6) is -0.701. The van der Waals surface area contributed by atoms with Crippen molar-refractivity contribution in [2.75, 3.05) is 17.1 Å². The van der Waals surface area contributed by atoms with Gasteiger partial charge in [-0.2, -0.15) is 0 Å². The van der Waals surface area contributed by atoms with Crippen LogP contribution < -0.4 is 9.62 Å². The van der Waals surface area contributed by atoms with Crippen LogP contribution in [0.1, 0.15) is 50.2 Å². The number of aryl methyl sites for hydroxylation is 1. The molecule has 2 amide bonds. The van der Waals surface area contributed by atoms with Gasteiger partial charge >= 0.3 is 0 Å². The molecule has 1 aliphatic rings. The summed E-state index contributed by atoms with van der Waals surface area (Å²) in [6.07, 6.45) is 6.24. The lowest BCUT2D eigenvalue weighted by Gasteiger charge is -2.33. The van der Waals surface area contributed by atoms with Gasteiger partial charge in [-0.3, -0.25) is 13.9 Å². The zero-order valence-electron chi connectivity index (χ0n) is 20.5. The van der Waals surface area contributed by atoms with E-state index in [1.165, 1.54) is 17.4 Å². The van der Waals surface area contributed by atoms with Crippen LogP contribution in [0.5, 0.6) is 0 Å². The van der Waals surface area contributed by atoms with Gasteiger partial charge in [0, 0.05) is 17.6 Å². The molecule has 3 rings (SSSR count). The predicted molar refractivity (Wildman–Crippen MR) is 140 cm³/mol. The summed E-state index contributed by atoms with van der Waals surface area (Å²) >= 11 is 6.23. The maximum absolute atomic E-state index is 13.6. The number of hydrogen-bond donors (Lipinski definition) is 1. The maximum atomic E-state index is 13.6. The Kier molecular flexibility index (Phi) is 9.19. The number of benzene rings is 2. The monoisotopic (exact) mass is 519 g/mol. The van der Waals surface area contributed by atoms with Crippen molar-refractivity contribution in [1.29, 1.82) is 0 Å². The number of rotatable bonds is 9. The van der Waals surface area contributed by atoms with E-state index in [4.69, 9.17) is 11.6 Å². The SMILES string of the molecule is Cc1ccc(N(CC(=O)N(Cc2ccccc2)C(C)C(=O)NC2CCCCC2)S(C)(=O)=O)cc1Cl. The number of halogens is 1. The first kappa shape index (κ1) is 27.0. The van der Waals surface area contributed by atoms with E-state index in [0.717, 1.165) is 47.4 Å². The van der Waals surface area contributed by atoms with Crippen molar-refractivity contribution in [2.45, 2.75) is 64.6 Å². The molecule has 0 radical (unpaired) electrons. The van der Waals surface area contributed by atoms with Crippen LogP contribution in [0.4, 0.5) is 5.69 Å². The Morgan fingerprint density at radius 3 is 2.34 bits per heavy atom. The molecule has 7 nitrogen and oxygen atoms in total. The summed E-state index contributed by atoms with van der Waals surface area (Å²) in [4.78, 5) is 28.1. The van der Waals surface area contributed by atoms with E-state index in [1.807, 2.05) is 37.3 Å². The number of amides is 2. The van der Waals surface area contributed by atoms with Gasteiger partial charge in [0.25, 0.3) is 0 Å². The molecule has 1 N–H and O–H groups in total. The average Bonchev–Trinajstić information content (AvgIpc) is 2.83. The number of anilines is 1. The summed E-state index contributed by atoms with van der Waals surface area (Å²) < 4.78 is 26.3. The molecule has 1 atom stereocenters. The summed E-state index contributed by atoms with van der Waals surface area (Å²) in [6, 6.07) is 13.6. The van der Waals surface area contributed by atoms with E-state index >= 15 is 0 Å². The van der Waals surface area contributed by atoms with Crippen LogP contribution in [-0.4, -0.2) is 50.0 Å². The molecule has 0 spiro atoms. The van der Waals surface area contributed by atoms with Gasteiger partial charge in [0.15, 0.2) is 0 Å². The molecule has 0 heterocycles. The highest BCUT2D eigenvalue weighted by atomic mass is 35.5.